The number of carbonyl (C=O) groups excluding carboxylic acids is 2. The van der Waals surface area contributed by atoms with Gasteiger partial charge in [0, 0.05) is 11.1 Å². The first-order valence-electron chi connectivity index (χ1n) is 7.29. The number of hydrogen-bond donors (Lipinski definition) is 0. The minimum atomic E-state index is -0.143. The highest BCUT2D eigenvalue weighted by molar-refractivity contribution is 6.12. The highest BCUT2D eigenvalue weighted by Crippen LogP contribution is 2.14. The van der Waals surface area contributed by atoms with Crippen molar-refractivity contribution in [2.24, 2.45) is 0 Å². The zero-order chi connectivity index (χ0) is 16.3. The highest BCUT2D eigenvalue weighted by Gasteiger charge is 2.09. The second-order valence-electron chi connectivity index (χ2n) is 5.70. The quantitative estimate of drug-likeness (QED) is 0.612. The molecule has 0 saturated carbocycles. The number of rotatable bonds is 4. The Morgan fingerprint density at radius 3 is 1.36 bits per heavy atom. The fraction of sp³-hybridized carbons (Fsp3) is 0.200. The van der Waals surface area contributed by atoms with Crippen molar-refractivity contribution >= 4 is 11.6 Å². The van der Waals surface area contributed by atoms with Gasteiger partial charge in [0.2, 0.25) is 0 Å². The molecule has 2 heteroatoms. The topological polar surface area (TPSA) is 34.1 Å². The van der Waals surface area contributed by atoms with Crippen LogP contribution in [0.2, 0.25) is 0 Å². The first kappa shape index (κ1) is 15.9. The third-order valence-electron chi connectivity index (χ3n) is 3.68. The molecule has 112 valence electrons. The van der Waals surface area contributed by atoms with Crippen LogP contribution in [0.1, 0.15) is 43.0 Å². The largest absolute Gasteiger partial charge is 0.289 e. The standard InChI is InChI=1S/C20H20O2/c1-13-5-7-17(15(3)11-13)19(21)9-10-20(22)18-8-6-14(2)12-16(18)4/h5-12H,1-4H3/b10-9+. The maximum Gasteiger partial charge on any atom is 0.186 e. The van der Waals surface area contributed by atoms with Gasteiger partial charge in [-0.25, -0.2) is 0 Å². The van der Waals surface area contributed by atoms with Gasteiger partial charge in [0.15, 0.2) is 11.6 Å². The number of hydrogen-bond acceptors (Lipinski definition) is 2. The van der Waals surface area contributed by atoms with Gasteiger partial charge in [-0.3, -0.25) is 9.59 Å². The fourth-order valence-electron chi connectivity index (χ4n) is 2.51. The molecule has 0 spiro atoms. The molecule has 0 atom stereocenters. The van der Waals surface area contributed by atoms with E-state index in [1.54, 1.807) is 12.1 Å². The molecule has 0 saturated heterocycles. The lowest BCUT2D eigenvalue weighted by Gasteiger charge is -2.04. The van der Waals surface area contributed by atoms with Crippen LogP contribution in [0.25, 0.3) is 0 Å². The summed E-state index contributed by atoms with van der Waals surface area (Å²) in [5, 5.41) is 0. The van der Waals surface area contributed by atoms with E-state index in [2.05, 4.69) is 0 Å². The first-order chi connectivity index (χ1) is 10.4. The fourth-order valence-corrected chi connectivity index (χ4v) is 2.51. The van der Waals surface area contributed by atoms with Gasteiger partial charge in [-0.1, -0.05) is 47.5 Å². The summed E-state index contributed by atoms with van der Waals surface area (Å²) in [4.78, 5) is 24.4. The smallest absolute Gasteiger partial charge is 0.186 e. The first-order valence-corrected chi connectivity index (χ1v) is 7.29. The zero-order valence-corrected chi connectivity index (χ0v) is 13.4. The maximum absolute atomic E-state index is 12.2. The minimum Gasteiger partial charge on any atom is -0.289 e. The molecule has 0 bridgehead atoms. The second kappa shape index (κ2) is 6.52. The van der Waals surface area contributed by atoms with Crippen molar-refractivity contribution in [2.45, 2.75) is 27.7 Å². The molecular formula is C20H20O2. The summed E-state index contributed by atoms with van der Waals surface area (Å²) >= 11 is 0. The van der Waals surface area contributed by atoms with Crippen LogP contribution in [-0.4, -0.2) is 11.6 Å². The summed E-state index contributed by atoms with van der Waals surface area (Å²) in [6, 6.07) is 11.3. The molecule has 2 rings (SSSR count). The summed E-state index contributed by atoms with van der Waals surface area (Å²) in [5.74, 6) is -0.286. The number of allylic oxidation sites excluding steroid dienone is 2. The summed E-state index contributed by atoms with van der Waals surface area (Å²) in [6.45, 7) is 7.78. The van der Waals surface area contributed by atoms with E-state index in [-0.39, 0.29) is 11.6 Å². The lowest BCUT2D eigenvalue weighted by Crippen LogP contribution is -2.02. The van der Waals surface area contributed by atoms with Crippen LogP contribution in [-0.2, 0) is 0 Å². The predicted octanol–water partition coefficient (Wildman–Crippen LogP) is 4.54. The Labute approximate surface area is 131 Å². The van der Waals surface area contributed by atoms with Crippen molar-refractivity contribution in [1.82, 2.24) is 0 Å². The molecule has 0 aliphatic carbocycles. The molecule has 0 amide bonds. The van der Waals surface area contributed by atoms with Gasteiger partial charge in [0.25, 0.3) is 0 Å². The minimum absolute atomic E-state index is 0.143. The zero-order valence-electron chi connectivity index (χ0n) is 13.4. The van der Waals surface area contributed by atoms with Crippen molar-refractivity contribution in [3.05, 3.63) is 81.9 Å². The van der Waals surface area contributed by atoms with E-state index in [1.807, 2.05) is 52.0 Å². The average molecular weight is 292 g/mol. The molecule has 0 aromatic heterocycles. The van der Waals surface area contributed by atoms with E-state index in [4.69, 9.17) is 0 Å². The Kier molecular flexibility index (Phi) is 4.71. The summed E-state index contributed by atoms with van der Waals surface area (Å²) < 4.78 is 0. The van der Waals surface area contributed by atoms with Crippen molar-refractivity contribution in [3.8, 4) is 0 Å². The van der Waals surface area contributed by atoms with E-state index >= 15 is 0 Å². The molecule has 0 unspecified atom stereocenters. The van der Waals surface area contributed by atoms with Crippen LogP contribution in [0.5, 0.6) is 0 Å². The Hall–Kier alpha value is -2.48. The number of ketones is 2. The van der Waals surface area contributed by atoms with Crippen molar-refractivity contribution in [2.75, 3.05) is 0 Å². The molecule has 0 N–H and O–H groups in total. The normalized spacial score (nSPS) is 10.9. The molecule has 2 aromatic carbocycles. The molecule has 0 heterocycles. The highest BCUT2D eigenvalue weighted by atomic mass is 16.1. The number of benzene rings is 2. The second-order valence-corrected chi connectivity index (χ2v) is 5.70. The van der Waals surface area contributed by atoms with E-state index in [9.17, 15) is 9.59 Å². The average Bonchev–Trinajstić information content (AvgIpc) is 2.44. The van der Waals surface area contributed by atoms with Crippen LogP contribution in [0.3, 0.4) is 0 Å². The molecule has 22 heavy (non-hydrogen) atoms. The van der Waals surface area contributed by atoms with E-state index in [1.165, 1.54) is 12.2 Å². The Bertz CT molecular complexity index is 702. The molecule has 0 fully saturated rings. The van der Waals surface area contributed by atoms with Crippen LogP contribution >= 0.6 is 0 Å². The van der Waals surface area contributed by atoms with Gasteiger partial charge in [-0.2, -0.15) is 0 Å². The maximum atomic E-state index is 12.2. The van der Waals surface area contributed by atoms with E-state index < -0.39 is 0 Å². The van der Waals surface area contributed by atoms with E-state index in [0.717, 1.165) is 22.3 Å². The Morgan fingerprint density at radius 2 is 1.05 bits per heavy atom. The van der Waals surface area contributed by atoms with Crippen LogP contribution in [0.15, 0.2) is 48.6 Å². The van der Waals surface area contributed by atoms with Crippen molar-refractivity contribution in [3.63, 3.8) is 0 Å². The number of aryl methyl sites for hydroxylation is 4. The molecule has 0 aliphatic rings. The van der Waals surface area contributed by atoms with Gasteiger partial charge in [-0.15, -0.1) is 0 Å². The SMILES string of the molecule is Cc1ccc(C(=O)/C=C/C(=O)c2ccc(C)cc2C)c(C)c1. The van der Waals surface area contributed by atoms with Gasteiger partial charge in [0.1, 0.15) is 0 Å². The number of carbonyl (C=O) groups is 2. The Balaban J connectivity index is 2.20. The van der Waals surface area contributed by atoms with Gasteiger partial charge >= 0.3 is 0 Å². The predicted molar refractivity (Wildman–Crippen MR) is 89.6 cm³/mol. The van der Waals surface area contributed by atoms with Crippen molar-refractivity contribution < 1.29 is 9.59 Å². The van der Waals surface area contributed by atoms with Gasteiger partial charge in [0.05, 0.1) is 0 Å². The van der Waals surface area contributed by atoms with Crippen LogP contribution in [0, 0.1) is 27.7 Å². The molecule has 0 aliphatic heterocycles. The summed E-state index contributed by atoms with van der Waals surface area (Å²) in [7, 11) is 0. The van der Waals surface area contributed by atoms with Gasteiger partial charge < -0.3 is 0 Å². The third-order valence-corrected chi connectivity index (χ3v) is 3.68. The monoisotopic (exact) mass is 292 g/mol. The Morgan fingerprint density at radius 1 is 0.682 bits per heavy atom. The molecular weight excluding hydrogens is 272 g/mol. The summed E-state index contributed by atoms with van der Waals surface area (Å²) in [6.07, 6.45) is 2.72. The molecule has 2 aromatic rings. The lowest BCUT2D eigenvalue weighted by atomic mass is 9.99. The molecule has 2 nitrogen and oxygen atoms in total. The van der Waals surface area contributed by atoms with Crippen LogP contribution < -0.4 is 0 Å². The lowest BCUT2D eigenvalue weighted by molar-refractivity contribution is 0.102. The molecule has 0 radical (unpaired) electrons. The third kappa shape index (κ3) is 3.59. The van der Waals surface area contributed by atoms with Crippen molar-refractivity contribution in [1.29, 1.82) is 0 Å². The van der Waals surface area contributed by atoms with Crippen LogP contribution in [0.4, 0.5) is 0 Å². The summed E-state index contributed by atoms with van der Waals surface area (Å²) in [5.41, 5.74) is 5.35. The van der Waals surface area contributed by atoms with E-state index in [0.29, 0.717) is 11.1 Å². The van der Waals surface area contributed by atoms with Gasteiger partial charge in [-0.05, 0) is 51.0 Å².